The zero-order valence-electron chi connectivity index (χ0n) is 10.9. The SMILES string of the molecule is CCC/C=C\N(N)/C(N)=N\C(=O)OC(C)(C)C. The summed E-state index contributed by atoms with van der Waals surface area (Å²) >= 11 is 0. The molecule has 0 aliphatic rings. The normalized spacial score (nSPS) is 12.9. The second-order valence-corrected chi connectivity index (χ2v) is 4.53. The molecule has 0 spiro atoms. The molecule has 0 unspecified atom stereocenters. The molecule has 98 valence electrons. The Hall–Kier alpha value is -1.56. The van der Waals surface area contributed by atoms with Crippen molar-refractivity contribution in [1.29, 1.82) is 0 Å². The maximum Gasteiger partial charge on any atom is 0.437 e. The van der Waals surface area contributed by atoms with E-state index in [1.54, 1.807) is 27.0 Å². The van der Waals surface area contributed by atoms with Crippen LogP contribution in [0.4, 0.5) is 4.79 Å². The van der Waals surface area contributed by atoms with E-state index >= 15 is 0 Å². The van der Waals surface area contributed by atoms with E-state index in [1.165, 1.54) is 0 Å². The highest BCUT2D eigenvalue weighted by molar-refractivity contribution is 5.89. The van der Waals surface area contributed by atoms with E-state index in [0.717, 1.165) is 17.9 Å². The van der Waals surface area contributed by atoms with Gasteiger partial charge in [-0.05, 0) is 27.2 Å². The molecule has 0 bridgehead atoms. The molecule has 1 amide bonds. The minimum atomic E-state index is -0.755. The van der Waals surface area contributed by atoms with Gasteiger partial charge in [0, 0.05) is 6.20 Å². The predicted octanol–water partition coefficient (Wildman–Crippen LogP) is 1.73. The number of nitrogens with two attached hydrogens (primary N) is 2. The first-order chi connectivity index (χ1) is 7.76. The monoisotopic (exact) mass is 242 g/mol. The van der Waals surface area contributed by atoms with E-state index in [-0.39, 0.29) is 5.96 Å². The number of hydrazine groups is 1. The molecule has 0 saturated carbocycles. The molecule has 6 nitrogen and oxygen atoms in total. The summed E-state index contributed by atoms with van der Waals surface area (Å²) in [5, 5.41) is 1.08. The van der Waals surface area contributed by atoms with Gasteiger partial charge >= 0.3 is 6.09 Å². The van der Waals surface area contributed by atoms with Crippen LogP contribution in [0.1, 0.15) is 40.5 Å². The number of nitrogens with zero attached hydrogens (tertiary/aromatic N) is 2. The Morgan fingerprint density at radius 1 is 1.47 bits per heavy atom. The van der Waals surface area contributed by atoms with Gasteiger partial charge in [0.15, 0.2) is 0 Å². The van der Waals surface area contributed by atoms with Crippen LogP contribution < -0.4 is 11.6 Å². The van der Waals surface area contributed by atoms with Crippen molar-refractivity contribution in [2.75, 3.05) is 0 Å². The number of allylic oxidation sites excluding steroid dienone is 1. The molecule has 0 radical (unpaired) electrons. The maximum absolute atomic E-state index is 11.3. The van der Waals surface area contributed by atoms with Crippen molar-refractivity contribution in [3.8, 4) is 0 Å². The molecular formula is C11H22N4O2. The largest absolute Gasteiger partial charge is 0.442 e. The molecule has 0 aromatic carbocycles. The number of hydrogen-bond acceptors (Lipinski definition) is 3. The van der Waals surface area contributed by atoms with Gasteiger partial charge in [0.1, 0.15) is 5.60 Å². The van der Waals surface area contributed by atoms with Crippen molar-refractivity contribution in [2.24, 2.45) is 16.6 Å². The molecule has 4 N–H and O–H groups in total. The molecule has 0 aliphatic carbocycles. The number of rotatable bonds is 3. The van der Waals surface area contributed by atoms with Crippen LogP contribution in [-0.2, 0) is 4.74 Å². The van der Waals surface area contributed by atoms with E-state index < -0.39 is 11.7 Å². The molecule has 0 saturated heterocycles. The third kappa shape index (κ3) is 8.27. The van der Waals surface area contributed by atoms with Crippen molar-refractivity contribution in [1.82, 2.24) is 5.01 Å². The topological polar surface area (TPSA) is 93.9 Å². The van der Waals surface area contributed by atoms with Crippen LogP contribution in [-0.4, -0.2) is 22.7 Å². The standard InChI is InChI=1S/C11H22N4O2/c1-5-6-7-8-15(13)9(12)14-10(16)17-11(2,3)4/h7-8H,5-6,13H2,1-4H3,(H2,12,14,16)/b8-7-. The van der Waals surface area contributed by atoms with Crippen LogP contribution in [0.15, 0.2) is 17.3 Å². The van der Waals surface area contributed by atoms with Crippen LogP contribution >= 0.6 is 0 Å². The molecule has 6 heteroatoms. The summed E-state index contributed by atoms with van der Waals surface area (Å²) in [5.74, 6) is 5.45. The number of carbonyl (C=O) groups is 1. The molecule has 0 aromatic rings. The van der Waals surface area contributed by atoms with Crippen molar-refractivity contribution in [3.63, 3.8) is 0 Å². The predicted molar refractivity (Wildman–Crippen MR) is 67.9 cm³/mol. The quantitative estimate of drug-likeness (QED) is 0.340. The van der Waals surface area contributed by atoms with Crippen LogP contribution in [0.25, 0.3) is 0 Å². The van der Waals surface area contributed by atoms with Crippen LogP contribution in [0.2, 0.25) is 0 Å². The fourth-order valence-electron chi connectivity index (χ4n) is 0.867. The lowest BCUT2D eigenvalue weighted by atomic mass is 10.2. The summed E-state index contributed by atoms with van der Waals surface area (Å²) in [4.78, 5) is 14.8. The van der Waals surface area contributed by atoms with E-state index in [0.29, 0.717) is 0 Å². The van der Waals surface area contributed by atoms with Gasteiger partial charge in [-0.3, -0.25) is 5.01 Å². The molecule has 0 fully saturated rings. The molecule has 17 heavy (non-hydrogen) atoms. The Labute approximate surface area is 102 Å². The number of ether oxygens (including phenoxy) is 1. The van der Waals surface area contributed by atoms with Gasteiger partial charge in [-0.1, -0.05) is 19.4 Å². The van der Waals surface area contributed by atoms with Crippen LogP contribution in [0.5, 0.6) is 0 Å². The van der Waals surface area contributed by atoms with Crippen molar-refractivity contribution < 1.29 is 9.53 Å². The fourth-order valence-corrected chi connectivity index (χ4v) is 0.867. The lowest BCUT2D eigenvalue weighted by Crippen LogP contribution is -2.39. The molecule has 0 atom stereocenters. The molecular weight excluding hydrogens is 220 g/mol. The highest BCUT2D eigenvalue weighted by Crippen LogP contribution is 2.07. The maximum atomic E-state index is 11.3. The van der Waals surface area contributed by atoms with Crippen molar-refractivity contribution in [2.45, 2.75) is 46.1 Å². The van der Waals surface area contributed by atoms with Gasteiger partial charge < -0.3 is 10.5 Å². The van der Waals surface area contributed by atoms with E-state index in [1.807, 2.05) is 13.0 Å². The first kappa shape index (κ1) is 15.4. The number of unbranched alkanes of at least 4 members (excludes halogenated alkanes) is 1. The summed E-state index contributed by atoms with van der Waals surface area (Å²) in [6, 6.07) is 0. The highest BCUT2D eigenvalue weighted by Gasteiger charge is 2.16. The Balaban J connectivity index is 4.37. The summed E-state index contributed by atoms with van der Waals surface area (Å²) < 4.78 is 4.97. The summed E-state index contributed by atoms with van der Waals surface area (Å²) in [5.41, 5.74) is 4.92. The zero-order chi connectivity index (χ0) is 13.5. The number of guanidine groups is 1. The lowest BCUT2D eigenvalue weighted by Gasteiger charge is -2.18. The molecule has 0 heterocycles. The van der Waals surface area contributed by atoms with E-state index in [9.17, 15) is 4.79 Å². The number of amides is 1. The van der Waals surface area contributed by atoms with Gasteiger partial charge in [0.25, 0.3) is 0 Å². The van der Waals surface area contributed by atoms with Crippen molar-refractivity contribution in [3.05, 3.63) is 12.3 Å². The van der Waals surface area contributed by atoms with Crippen LogP contribution in [0.3, 0.4) is 0 Å². The minimum absolute atomic E-state index is 0.105. The van der Waals surface area contributed by atoms with Gasteiger partial charge in [0.05, 0.1) is 0 Å². The average Bonchev–Trinajstić information content (AvgIpc) is 2.14. The first-order valence-corrected chi connectivity index (χ1v) is 5.54. The summed E-state index contributed by atoms with van der Waals surface area (Å²) in [6.07, 6.45) is 4.54. The van der Waals surface area contributed by atoms with E-state index in [2.05, 4.69) is 4.99 Å². The zero-order valence-corrected chi connectivity index (χ0v) is 10.9. The smallest absolute Gasteiger partial charge is 0.437 e. The Bertz CT molecular complexity index is 305. The fraction of sp³-hybridized carbons (Fsp3) is 0.636. The lowest BCUT2D eigenvalue weighted by molar-refractivity contribution is 0.0602. The van der Waals surface area contributed by atoms with E-state index in [4.69, 9.17) is 16.3 Å². The van der Waals surface area contributed by atoms with Gasteiger partial charge in [-0.25, -0.2) is 10.6 Å². The third-order valence-corrected chi connectivity index (χ3v) is 1.59. The Morgan fingerprint density at radius 2 is 2.06 bits per heavy atom. The summed E-state index contributed by atoms with van der Waals surface area (Å²) in [7, 11) is 0. The first-order valence-electron chi connectivity index (χ1n) is 5.54. The Kier molecular flexibility index (Phi) is 6.27. The number of hydrogen-bond donors (Lipinski definition) is 2. The Morgan fingerprint density at radius 3 is 2.53 bits per heavy atom. The molecule has 0 rings (SSSR count). The number of aliphatic imine (C=N–C) groups is 1. The second kappa shape index (κ2) is 6.90. The number of carbonyl (C=O) groups excluding carboxylic acids is 1. The minimum Gasteiger partial charge on any atom is -0.442 e. The summed E-state index contributed by atoms with van der Waals surface area (Å²) in [6.45, 7) is 7.29. The molecule has 0 aliphatic heterocycles. The van der Waals surface area contributed by atoms with Gasteiger partial charge in [-0.2, -0.15) is 0 Å². The van der Waals surface area contributed by atoms with Crippen LogP contribution in [0, 0.1) is 0 Å². The van der Waals surface area contributed by atoms with Crippen molar-refractivity contribution >= 4 is 12.1 Å². The highest BCUT2D eigenvalue weighted by atomic mass is 16.6. The average molecular weight is 242 g/mol. The van der Waals surface area contributed by atoms with Gasteiger partial charge in [0.2, 0.25) is 5.96 Å². The van der Waals surface area contributed by atoms with Gasteiger partial charge in [-0.15, -0.1) is 4.99 Å². The third-order valence-electron chi connectivity index (χ3n) is 1.59. The second-order valence-electron chi connectivity index (χ2n) is 4.53. The molecule has 0 aromatic heterocycles.